The number of aliphatic hydroxyl groups excluding tert-OH is 1. The van der Waals surface area contributed by atoms with E-state index >= 15 is 0 Å². The van der Waals surface area contributed by atoms with Gasteiger partial charge >= 0.3 is 11.9 Å². The number of thioether (sulfide) groups is 1. The van der Waals surface area contributed by atoms with Crippen molar-refractivity contribution in [3.05, 3.63) is 0 Å². The topological polar surface area (TPSA) is 213 Å². The van der Waals surface area contributed by atoms with E-state index in [0.29, 0.717) is 42.3 Å². The monoisotopic (exact) mass is 679 g/mol. The van der Waals surface area contributed by atoms with Gasteiger partial charge in [-0.05, 0) is 98.7 Å². The Morgan fingerprint density at radius 3 is 2.40 bits per heavy atom. The number of aliphatic carboxylic acids is 2. The van der Waals surface area contributed by atoms with E-state index in [9.17, 15) is 33.9 Å². The lowest BCUT2D eigenvalue weighted by Gasteiger charge is -2.60. The third-order valence-electron chi connectivity index (χ3n) is 12.5. The summed E-state index contributed by atoms with van der Waals surface area (Å²) in [5, 5.41) is 32.7. The summed E-state index contributed by atoms with van der Waals surface area (Å²) in [5.41, 5.74) is 5.16. The molecule has 0 saturated heterocycles. The van der Waals surface area contributed by atoms with Gasteiger partial charge < -0.3 is 31.7 Å². The molecular formula is C34H53N3O9S. The molecule has 7 N–H and O–H groups in total. The molecule has 13 heteroatoms. The summed E-state index contributed by atoms with van der Waals surface area (Å²) in [6, 6.07) is -2.44. The number of hydrogen-bond acceptors (Lipinski definition) is 9. The number of hydrogen-bond donors (Lipinski definition) is 6. The third-order valence-corrected chi connectivity index (χ3v) is 13.6. The van der Waals surface area contributed by atoms with Crippen molar-refractivity contribution in [3.63, 3.8) is 0 Å². The molecule has 2 amide bonds. The summed E-state index contributed by atoms with van der Waals surface area (Å²) in [7, 11) is 0. The largest absolute Gasteiger partial charge is 0.480 e. The second kappa shape index (κ2) is 15.4. The molecule has 0 unspecified atom stereocenters. The average molecular weight is 680 g/mol. The molecule has 0 aromatic heterocycles. The van der Waals surface area contributed by atoms with Crippen molar-refractivity contribution in [2.24, 2.45) is 52.1 Å². The van der Waals surface area contributed by atoms with E-state index < -0.39 is 47.8 Å². The van der Waals surface area contributed by atoms with E-state index in [0.717, 1.165) is 56.7 Å². The van der Waals surface area contributed by atoms with Gasteiger partial charge in [0.25, 0.3) is 0 Å². The van der Waals surface area contributed by atoms with Gasteiger partial charge in [0.15, 0.2) is 5.12 Å². The van der Waals surface area contributed by atoms with Gasteiger partial charge in [-0.15, -0.1) is 0 Å². The Morgan fingerprint density at radius 1 is 1.00 bits per heavy atom. The van der Waals surface area contributed by atoms with Crippen LogP contribution in [0, 0.1) is 46.3 Å². The molecule has 0 spiro atoms. The Labute approximate surface area is 281 Å². The van der Waals surface area contributed by atoms with Crippen molar-refractivity contribution < 1.29 is 44.1 Å². The summed E-state index contributed by atoms with van der Waals surface area (Å²) in [4.78, 5) is 74.0. The van der Waals surface area contributed by atoms with Crippen molar-refractivity contribution in [1.29, 1.82) is 0 Å². The molecule has 0 bridgehead atoms. The molecule has 4 saturated carbocycles. The number of aliphatic hydroxyl groups is 1. The lowest BCUT2D eigenvalue weighted by Crippen LogP contribution is -2.57. The number of rotatable bonds is 14. The number of nitrogens with one attached hydrogen (secondary N) is 2. The van der Waals surface area contributed by atoms with E-state index in [1.807, 2.05) is 0 Å². The number of carboxylic acids is 2. The van der Waals surface area contributed by atoms with Crippen LogP contribution in [0.4, 0.5) is 0 Å². The second-order valence-corrected chi connectivity index (χ2v) is 16.2. The van der Waals surface area contributed by atoms with Gasteiger partial charge in [-0.1, -0.05) is 32.5 Å². The van der Waals surface area contributed by atoms with E-state index in [-0.39, 0.29) is 53.5 Å². The summed E-state index contributed by atoms with van der Waals surface area (Å²) in [6.45, 7) is 6.01. The van der Waals surface area contributed by atoms with Crippen LogP contribution in [0.1, 0.15) is 97.8 Å². The summed E-state index contributed by atoms with van der Waals surface area (Å²) < 4.78 is 0. The highest BCUT2D eigenvalue weighted by Gasteiger charge is 2.63. The number of carbonyl (C=O) groups is 6. The summed E-state index contributed by atoms with van der Waals surface area (Å²) in [5.74, 6) is -1.63. The SMILES string of the molecule is C[C@H](CCC(=O)SC[C@H](NC(=O)CC[C@H](N)C(=O)O)C(=O)NCC(=O)O)[C@H]1CC[C@H]2[C@@H]3CC[C@@H]4C[C@H](O)CC[C@]4(C)[C@H]3CC(=O)[C@]12C. The maximum atomic E-state index is 14.1. The van der Waals surface area contributed by atoms with Crippen LogP contribution < -0.4 is 16.4 Å². The standard InChI is InChI=1S/C34H53N3O9S/c1-18(4-11-30(43)47-17-26(31(44)36-16-29(41)42)37-28(40)10-9-25(35)32(45)46)22-7-8-23-21-6-5-19-14-20(38)12-13-33(19,2)24(21)15-27(39)34(22,23)3/h18-26,38H,4-17,35H2,1-3H3,(H,36,44)(H,37,40)(H,41,42)(H,45,46)/t18-,19-,20-,21+,22-,23+,24+,25+,26+,33+,34-/m1/s1. The van der Waals surface area contributed by atoms with Crippen LogP contribution in [0.2, 0.25) is 0 Å². The van der Waals surface area contributed by atoms with Gasteiger partial charge in [0.05, 0.1) is 6.10 Å². The number of amides is 2. The Bertz CT molecular complexity index is 1230. The van der Waals surface area contributed by atoms with Crippen LogP contribution in [-0.2, 0) is 28.8 Å². The van der Waals surface area contributed by atoms with Gasteiger partial charge in [-0.3, -0.25) is 28.8 Å². The molecule has 47 heavy (non-hydrogen) atoms. The molecule has 0 aromatic rings. The predicted molar refractivity (Wildman–Crippen MR) is 175 cm³/mol. The van der Waals surface area contributed by atoms with Crippen molar-refractivity contribution in [1.82, 2.24) is 10.6 Å². The van der Waals surface area contributed by atoms with Crippen LogP contribution in [0.5, 0.6) is 0 Å². The second-order valence-electron chi connectivity index (χ2n) is 15.1. The van der Waals surface area contributed by atoms with Gasteiger partial charge in [0.2, 0.25) is 11.8 Å². The first-order valence-corrected chi connectivity index (χ1v) is 18.2. The summed E-state index contributed by atoms with van der Waals surface area (Å²) >= 11 is 0.885. The molecule has 4 aliphatic carbocycles. The number of fused-ring (bicyclic) bond motifs is 5. The van der Waals surface area contributed by atoms with Gasteiger partial charge in [-0.25, -0.2) is 0 Å². The predicted octanol–water partition coefficient (Wildman–Crippen LogP) is 2.74. The molecule has 4 aliphatic rings. The minimum Gasteiger partial charge on any atom is -0.480 e. The minimum absolute atomic E-state index is 0.111. The maximum Gasteiger partial charge on any atom is 0.322 e. The highest BCUT2D eigenvalue weighted by Crippen LogP contribution is 2.67. The van der Waals surface area contributed by atoms with E-state index in [1.54, 1.807) is 0 Å². The van der Waals surface area contributed by atoms with Crippen LogP contribution in [0.15, 0.2) is 0 Å². The Kier molecular flexibility index (Phi) is 12.2. The van der Waals surface area contributed by atoms with Crippen LogP contribution in [-0.4, -0.2) is 80.5 Å². The fourth-order valence-corrected chi connectivity index (χ4v) is 10.7. The highest BCUT2D eigenvalue weighted by molar-refractivity contribution is 8.13. The molecule has 0 heterocycles. The molecule has 4 rings (SSSR count). The van der Waals surface area contributed by atoms with Crippen molar-refractivity contribution >= 4 is 46.4 Å². The smallest absolute Gasteiger partial charge is 0.322 e. The minimum atomic E-state index is -1.26. The zero-order valence-electron chi connectivity index (χ0n) is 27.9. The third kappa shape index (κ3) is 8.21. The zero-order chi connectivity index (χ0) is 34.7. The van der Waals surface area contributed by atoms with Crippen molar-refractivity contribution in [2.75, 3.05) is 12.3 Å². The maximum absolute atomic E-state index is 14.1. The van der Waals surface area contributed by atoms with Crippen molar-refractivity contribution in [2.45, 2.75) is 116 Å². The van der Waals surface area contributed by atoms with Crippen molar-refractivity contribution in [3.8, 4) is 0 Å². The molecule has 264 valence electrons. The number of carbonyl (C=O) groups excluding carboxylic acids is 4. The van der Waals surface area contributed by atoms with Gasteiger partial charge in [0, 0.05) is 30.4 Å². The Hall–Kier alpha value is -2.51. The quantitative estimate of drug-likeness (QED) is 0.157. The summed E-state index contributed by atoms with van der Waals surface area (Å²) in [6.07, 6.45) is 7.68. The number of carboxylic acid groups (broad SMARTS) is 2. The number of ketones is 1. The number of Topliss-reactive ketones (excluding diaryl/α,β-unsaturated/α-hetero) is 1. The fourth-order valence-electron chi connectivity index (χ4n) is 9.82. The van der Waals surface area contributed by atoms with Gasteiger partial charge in [0.1, 0.15) is 24.4 Å². The molecule has 0 aromatic carbocycles. The fraction of sp³-hybridized carbons (Fsp3) is 0.824. The lowest BCUT2D eigenvalue weighted by atomic mass is 9.44. The molecule has 11 atom stereocenters. The molecule has 4 fully saturated rings. The molecule has 12 nitrogen and oxygen atoms in total. The van der Waals surface area contributed by atoms with Gasteiger partial charge in [-0.2, -0.15) is 0 Å². The first kappa shape index (κ1) is 37.3. The highest BCUT2D eigenvalue weighted by atomic mass is 32.2. The average Bonchev–Trinajstić information content (AvgIpc) is 3.38. The Balaban J connectivity index is 1.32. The molecule has 0 radical (unpaired) electrons. The first-order valence-electron chi connectivity index (χ1n) is 17.2. The number of nitrogens with two attached hydrogens (primary N) is 1. The Morgan fingerprint density at radius 2 is 1.72 bits per heavy atom. The van der Waals surface area contributed by atoms with Crippen LogP contribution in [0.3, 0.4) is 0 Å². The van der Waals surface area contributed by atoms with E-state index in [1.165, 1.54) is 0 Å². The zero-order valence-corrected chi connectivity index (χ0v) is 28.7. The van der Waals surface area contributed by atoms with Crippen LogP contribution in [0.25, 0.3) is 0 Å². The van der Waals surface area contributed by atoms with Crippen LogP contribution >= 0.6 is 11.8 Å². The van der Waals surface area contributed by atoms with E-state index in [2.05, 4.69) is 31.4 Å². The first-order chi connectivity index (χ1) is 22.1. The molecule has 0 aliphatic heterocycles. The lowest BCUT2D eigenvalue weighted by molar-refractivity contribution is -0.160. The van der Waals surface area contributed by atoms with E-state index in [4.69, 9.17) is 15.9 Å². The normalized spacial score (nSPS) is 35.0. The molecular weight excluding hydrogens is 626 g/mol.